The zero-order chi connectivity index (χ0) is 12.3. The van der Waals surface area contributed by atoms with Crippen molar-refractivity contribution in [3.05, 3.63) is 23.8 Å². The Morgan fingerprint density at radius 2 is 2.41 bits per heavy atom. The second kappa shape index (κ2) is 5.08. The van der Waals surface area contributed by atoms with Gasteiger partial charge in [0.2, 0.25) is 5.91 Å². The number of rotatable bonds is 4. The van der Waals surface area contributed by atoms with Crippen molar-refractivity contribution < 1.29 is 14.3 Å². The summed E-state index contributed by atoms with van der Waals surface area (Å²) in [6.07, 6.45) is 1.36. The Morgan fingerprint density at radius 3 is 3.12 bits per heavy atom. The molecule has 0 aliphatic carbocycles. The molecule has 92 valence electrons. The third-order valence-electron chi connectivity index (χ3n) is 2.86. The van der Waals surface area contributed by atoms with E-state index in [1.807, 2.05) is 25.1 Å². The number of hydrogen-bond acceptors (Lipinski definition) is 3. The van der Waals surface area contributed by atoms with Crippen molar-refractivity contribution in [1.82, 2.24) is 5.32 Å². The number of carbonyl (C=O) groups is 1. The van der Waals surface area contributed by atoms with Gasteiger partial charge in [0.15, 0.2) is 0 Å². The predicted octanol–water partition coefficient (Wildman–Crippen LogP) is 1.52. The number of methoxy groups -OCH3 is 1. The standard InChI is InChI=1S/C13H17NO3/c1-3-13(15)14-8-11-7-9-6-10(16-2)4-5-12(9)17-11/h4-6,11H,3,7-8H2,1-2H3,(H,14,15). The molecule has 17 heavy (non-hydrogen) atoms. The fourth-order valence-corrected chi connectivity index (χ4v) is 1.89. The largest absolute Gasteiger partial charge is 0.497 e. The highest BCUT2D eigenvalue weighted by Gasteiger charge is 2.23. The molecule has 0 bridgehead atoms. The summed E-state index contributed by atoms with van der Waals surface area (Å²) in [7, 11) is 1.65. The lowest BCUT2D eigenvalue weighted by atomic mass is 10.1. The molecule has 0 aromatic heterocycles. The summed E-state index contributed by atoms with van der Waals surface area (Å²) in [5.74, 6) is 1.79. The summed E-state index contributed by atoms with van der Waals surface area (Å²) in [5.41, 5.74) is 1.14. The maximum absolute atomic E-state index is 11.2. The first-order valence-electron chi connectivity index (χ1n) is 5.83. The van der Waals surface area contributed by atoms with E-state index in [9.17, 15) is 4.79 Å². The Labute approximate surface area is 101 Å². The van der Waals surface area contributed by atoms with E-state index in [1.54, 1.807) is 7.11 Å². The molecular weight excluding hydrogens is 218 g/mol. The second-order valence-electron chi connectivity index (χ2n) is 4.08. The van der Waals surface area contributed by atoms with Gasteiger partial charge >= 0.3 is 0 Å². The van der Waals surface area contributed by atoms with Gasteiger partial charge in [-0.25, -0.2) is 0 Å². The molecule has 1 aromatic rings. The van der Waals surface area contributed by atoms with E-state index in [0.29, 0.717) is 13.0 Å². The zero-order valence-corrected chi connectivity index (χ0v) is 10.2. The highest BCUT2D eigenvalue weighted by molar-refractivity contribution is 5.75. The molecule has 1 amide bonds. The Morgan fingerprint density at radius 1 is 1.59 bits per heavy atom. The highest BCUT2D eigenvalue weighted by Crippen LogP contribution is 2.31. The molecule has 0 radical (unpaired) electrons. The van der Waals surface area contributed by atoms with Crippen LogP contribution in [0.2, 0.25) is 0 Å². The molecule has 4 heteroatoms. The molecule has 0 saturated heterocycles. The number of ether oxygens (including phenoxy) is 2. The van der Waals surface area contributed by atoms with Crippen LogP contribution in [-0.2, 0) is 11.2 Å². The van der Waals surface area contributed by atoms with Crippen molar-refractivity contribution in [2.75, 3.05) is 13.7 Å². The number of benzene rings is 1. The molecular formula is C13H17NO3. The molecule has 1 atom stereocenters. The van der Waals surface area contributed by atoms with Crippen LogP contribution < -0.4 is 14.8 Å². The van der Waals surface area contributed by atoms with Crippen LogP contribution in [-0.4, -0.2) is 25.7 Å². The SMILES string of the molecule is CCC(=O)NCC1Cc2cc(OC)ccc2O1. The first kappa shape index (κ1) is 11.8. The molecule has 0 saturated carbocycles. The van der Waals surface area contributed by atoms with E-state index in [4.69, 9.17) is 9.47 Å². The third kappa shape index (κ3) is 2.70. The van der Waals surface area contributed by atoms with Crippen molar-refractivity contribution in [3.63, 3.8) is 0 Å². The second-order valence-corrected chi connectivity index (χ2v) is 4.08. The molecule has 0 spiro atoms. The van der Waals surface area contributed by atoms with E-state index in [-0.39, 0.29) is 12.0 Å². The number of nitrogens with one attached hydrogen (secondary N) is 1. The van der Waals surface area contributed by atoms with Gasteiger partial charge in [0.05, 0.1) is 13.7 Å². The molecule has 1 N–H and O–H groups in total. The van der Waals surface area contributed by atoms with Gasteiger partial charge in [-0.1, -0.05) is 6.92 Å². The van der Waals surface area contributed by atoms with Crippen molar-refractivity contribution in [1.29, 1.82) is 0 Å². The van der Waals surface area contributed by atoms with Gasteiger partial charge in [-0.2, -0.15) is 0 Å². The summed E-state index contributed by atoms with van der Waals surface area (Å²) >= 11 is 0. The van der Waals surface area contributed by atoms with Crippen LogP contribution in [0.1, 0.15) is 18.9 Å². The van der Waals surface area contributed by atoms with E-state index < -0.39 is 0 Å². The smallest absolute Gasteiger partial charge is 0.219 e. The number of carbonyl (C=O) groups excluding carboxylic acids is 1. The Kier molecular flexibility index (Phi) is 3.52. The Bertz CT molecular complexity index is 417. The summed E-state index contributed by atoms with van der Waals surface area (Å²) < 4.78 is 10.9. The van der Waals surface area contributed by atoms with Crippen LogP contribution in [0.15, 0.2) is 18.2 Å². The quantitative estimate of drug-likeness (QED) is 0.860. The summed E-state index contributed by atoms with van der Waals surface area (Å²) in [6.45, 7) is 2.40. The van der Waals surface area contributed by atoms with Gasteiger partial charge in [-0.15, -0.1) is 0 Å². The monoisotopic (exact) mass is 235 g/mol. The van der Waals surface area contributed by atoms with E-state index >= 15 is 0 Å². The van der Waals surface area contributed by atoms with Gasteiger partial charge in [-0.05, 0) is 18.2 Å². The van der Waals surface area contributed by atoms with Crippen LogP contribution in [0, 0.1) is 0 Å². The van der Waals surface area contributed by atoms with Crippen LogP contribution in [0.3, 0.4) is 0 Å². The first-order chi connectivity index (χ1) is 8.22. The molecule has 4 nitrogen and oxygen atoms in total. The fourth-order valence-electron chi connectivity index (χ4n) is 1.89. The van der Waals surface area contributed by atoms with Gasteiger partial charge in [0.25, 0.3) is 0 Å². The first-order valence-corrected chi connectivity index (χ1v) is 5.83. The van der Waals surface area contributed by atoms with Gasteiger partial charge < -0.3 is 14.8 Å². The molecule has 1 heterocycles. The molecule has 1 unspecified atom stereocenters. The van der Waals surface area contributed by atoms with Gasteiger partial charge in [0, 0.05) is 18.4 Å². The highest BCUT2D eigenvalue weighted by atomic mass is 16.5. The predicted molar refractivity (Wildman–Crippen MR) is 64.4 cm³/mol. The number of fused-ring (bicyclic) bond motifs is 1. The summed E-state index contributed by atoms with van der Waals surface area (Å²) in [5, 5.41) is 2.84. The van der Waals surface area contributed by atoms with Crippen LogP contribution >= 0.6 is 0 Å². The van der Waals surface area contributed by atoms with Crippen molar-refractivity contribution >= 4 is 5.91 Å². The lowest BCUT2D eigenvalue weighted by molar-refractivity contribution is -0.121. The van der Waals surface area contributed by atoms with Crippen molar-refractivity contribution in [2.24, 2.45) is 0 Å². The number of amides is 1. The lowest BCUT2D eigenvalue weighted by Crippen LogP contribution is -2.33. The lowest BCUT2D eigenvalue weighted by Gasteiger charge is -2.11. The molecule has 1 aliphatic rings. The van der Waals surface area contributed by atoms with Crippen molar-refractivity contribution in [2.45, 2.75) is 25.9 Å². The Hall–Kier alpha value is -1.71. The molecule has 0 fully saturated rings. The minimum atomic E-state index is 0.0348. The van der Waals surface area contributed by atoms with E-state index in [1.165, 1.54) is 0 Å². The maximum atomic E-state index is 11.2. The van der Waals surface area contributed by atoms with Gasteiger partial charge in [-0.3, -0.25) is 4.79 Å². The summed E-state index contributed by atoms with van der Waals surface area (Å²) in [4.78, 5) is 11.2. The minimum absolute atomic E-state index is 0.0348. The fraction of sp³-hybridized carbons (Fsp3) is 0.462. The van der Waals surface area contributed by atoms with Crippen LogP contribution in [0.4, 0.5) is 0 Å². The zero-order valence-electron chi connectivity index (χ0n) is 10.2. The van der Waals surface area contributed by atoms with Crippen molar-refractivity contribution in [3.8, 4) is 11.5 Å². The average Bonchev–Trinajstić information content (AvgIpc) is 2.77. The third-order valence-corrected chi connectivity index (χ3v) is 2.86. The topological polar surface area (TPSA) is 47.6 Å². The normalized spacial score (nSPS) is 17.2. The van der Waals surface area contributed by atoms with E-state index in [0.717, 1.165) is 23.5 Å². The van der Waals surface area contributed by atoms with Crippen LogP contribution in [0.25, 0.3) is 0 Å². The van der Waals surface area contributed by atoms with Gasteiger partial charge in [0.1, 0.15) is 17.6 Å². The molecule has 1 aromatic carbocycles. The molecule has 1 aliphatic heterocycles. The Balaban J connectivity index is 1.94. The van der Waals surface area contributed by atoms with Crippen LogP contribution in [0.5, 0.6) is 11.5 Å². The number of hydrogen-bond donors (Lipinski definition) is 1. The van der Waals surface area contributed by atoms with E-state index in [2.05, 4.69) is 5.32 Å². The minimum Gasteiger partial charge on any atom is -0.497 e. The molecule has 2 rings (SSSR count). The average molecular weight is 235 g/mol. The maximum Gasteiger partial charge on any atom is 0.219 e. The summed E-state index contributed by atoms with van der Waals surface area (Å²) in [6, 6.07) is 5.78.